The van der Waals surface area contributed by atoms with Crippen molar-refractivity contribution in [1.82, 2.24) is 9.62 Å². The van der Waals surface area contributed by atoms with E-state index in [1.54, 1.807) is 11.9 Å². The quantitative estimate of drug-likeness (QED) is 0.703. The number of halogens is 1. The Morgan fingerprint density at radius 3 is 2.37 bits per heavy atom. The molecule has 1 aromatic rings. The lowest BCUT2D eigenvalue weighted by atomic mass is 9.87. The molecule has 2 rings (SSSR count). The molecule has 0 spiro atoms. The van der Waals surface area contributed by atoms with Crippen LogP contribution >= 0.6 is 0 Å². The van der Waals surface area contributed by atoms with Gasteiger partial charge in [-0.25, -0.2) is 12.8 Å². The van der Waals surface area contributed by atoms with Gasteiger partial charge >= 0.3 is 5.97 Å². The van der Waals surface area contributed by atoms with E-state index >= 15 is 0 Å². The van der Waals surface area contributed by atoms with Crippen molar-refractivity contribution in [2.75, 3.05) is 20.2 Å². The molecule has 0 heterocycles. The number of sulfonamides is 1. The molecule has 0 unspecified atom stereocenters. The van der Waals surface area contributed by atoms with Gasteiger partial charge in [0.1, 0.15) is 12.4 Å². The van der Waals surface area contributed by atoms with Crippen LogP contribution in [0.5, 0.6) is 0 Å². The largest absolute Gasteiger partial charge is 0.455 e. The number of hydrogen-bond acceptors (Lipinski definition) is 5. The predicted molar refractivity (Wildman–Crippen MR) is 96.7 cm³/mol. The Labute approximate surface area is 158 Å². The first-order chi connectivity index (χ1) is 12.7. The van der Waals surface area contributed by atoms with Crippen molar-refractivity contribution in [2.24, 2.45) is 5.92 Å². The molecular weight excluding hydrogens is 375 g/mol. The van der Waals surface area contributed by atoms with Crippen molar-refractivity contribution in [1.29, 1.82) is 0 Å². The summed E-state index contributed by atoms with van der Waals surface area (Å²) >= 11 is 0. The Morgan fingerprint density at radius 1 is 1.19 bits per heavy atom. The second kappa shape index (κ2) is 9.27. The maximum Gasteiger partial charge on any atom is 0.321 e. The molecule has 1 aliphatic carbocycles. The molecule has 1 N–H and O–H groups in total. The van der Waals surface area contributed by atoms with Crippen molar-refractivity contribution >= 4 is 21.9 Å². The van der Waals surface area contributed by atoms with Gasteiger partial charge in [0.2, 0.25) is 10.0 Å². The molecule has 1 fully saturated rings. The fourth-order valence-corrected chi connectivity index (χ4v) is 3.95. The van der Waals surface area contributed by atoms with Gasteiger partial charge < -0.3 is 9.64 Å². The molecule has 7 nitrogen and oxygen atoms in total. The van der Waals surface area contributed by atoms with Crippen molar-refractivity contribution in [2.45, 2.75) is 43.5 Å². The minimum atomic E-state index is -3.96. The van der Waals surface area contributed by atoms with E-state index in [0.29, 0.717) is 5.92 Å². The van der Waals surface area contributed by atoms with Gasteiger partial charge in [-0.1, -0.05) is 6.92 Å². The van der Waals surface area contributed by atoms with Crippen molar-refractivity contribution < 1.29 is 27.1 Å². The first-order valence-corrected chi connectivity index (χ1v) is 10.3. The third-order valence-electron chi connectivity index (χ3n) is 4.81. The second-order valence-corrected chi connectivity index (χ2v) is 8.62. The van der Waals surface area contributed by atoms with Crippen molar-refractivity contribution in [3.63, 3.8) is 0 Å². The third kappa shape index (κ3) is 6.28. The van der Waals surface area contributed by atoms with Crippen molar-refractivity contribution in [3.8, 4) is 0 Å². The van der Waals surface area contributed by atoms with Gasteiger partial charge in [0.05, 0.1) is 4.90 Å². The van der Waals surface area contributed by atoms with Gasteiger partial charge in [0, 0.05) is 13.1 Å². The molecule has 1 aromatic carbocycles. The number of amides is 1. The zero-order chi connectivity index (χ0) is 20.0. The summed E-state index contributed by atoms with van der Waals surface area (Å²) in [6, 6.07) is 4.34. The maximum absolute atomic E-state index is 12.9. The molecule has 1 saturated carbocycles. The van der Waals surface area contributed by atoms with Crippen LogP contribution in [0.4, 0.5) is 4.39 Å². The summed E-state index contributed by atoms with van der Waals surface area (Å²) < 4.78 is 43.8. The number of nitrogens with one attached hydrogen (secondary N) is 1. The van der Waals surface area contributed by atoms with Crippen LogP contribution in [0.1, 0.15) is 32.6 Å². The van der Waals surface area contributed by atoms with Gasteiger partial charge in [-0.05, 0) is 55.9 Å². The number of likely N-dealkylation sites (N-methyl/N-ethyl adjacent to an activating group) is 1. The van der Waals surface area contributed by atoms with E-state index < -0.39 is 35.0 Å². The lowest BCUT2D eigenvalue weighted by Crippen LogP contribution is -2.42. The van der Waals surface area contributed by atoms with E-state index in [1.807, 2.05) is 0 Å². The first kappa shape index (κ1) is 21.3. The second-order valence-electron chi connectivity index (χ2n) is 6.86. The number of carbonyl (C=O) groups excluding carboxylic acids is 2. The van der Waals surface area contributed by atoms with Gasteiger partial charge in [0.25, 0.3) is 5.91 Å². The van der Waals surface area contributed by atoms with E-state index in [9.17, 15) is 22.4 Å². The first-order valence-electron chi connectivity index (χ1n) is 8.85. The minimum Gasteiger partial charge on any atom is -0.455 e. The lowest BCUT2D eigenvalue weighted by molar-refractivity contribution is -0.151. The van der Waals surface area contributed by atoms with E-state index in [0.717, 1.165) is 49.9 Å². The van der Waals surface area contributed by atoms with Crippen LogP contribution in [0.15, 0.2) is 29.2 Å². The highest BCUT2D eigenvalue weighted by Gasteiger charge is 2.25. The van der Waals surface area contributed by atoms with E-state index in [-0.39, 0.29) is 16.8 Å². The third-order valence-corrected chi connectivity index (χ3v) is 6.23. The molecule has 0 atom stereocenters. The molecule has 0 aliphatic heterocycles. The van der Waals surface area contributed by atoms with Crippen LogP contribution in [0.25, 0.3) is 0 Å². The Kier molecular flexibility index (Phi) is 7.32. The molecule has 0 aromatic heterocycles. The molecule has 0 saturated heterocycles. The number of carbonyl (C=O) groups is 2. The number of esters is 1. The Bertz CT molecular complexity index is 758. The van der Waals surface area contributed by atoms with Crippen molar-refractivity contribution in [3.05, 3.63) is 30.1 Å². The average Bonchev–Trinajstić information content (AvgIpc) is 2.65. The Morgan fingerprint density at radius 2 is 1.78 bits per heavy atom. The maximum atomic E-state index is 12.9. The normalized spacial score (nSPS) is 20.1. The summed E-state index contributed by atoms with van der Waals surface area (Å²) in [6.45, 7) is 1.14. The van der Waals surface area contributed by atoms with Gasteiger partial charge in [0.15, 0.2) is 6.61 Å². The van der Waals surface area contributed by atoms with E-state index in [1.165, 1.54) is 0 Å². The molecule has 150 valence electrons. The summed E-state index contributed by atoms with van der Waals surface area (Å²) in [5.41, 5.74) is 0. The monoisotopic (exact) mass is 400 g/mol. The highest BCUT2D eigenvalue weighted by Crippen LogP contribution is 2.26. The number of nitrogens with zero attached hydrogens (tertiary/aromatic N) is 1. The smallest absolute Gasteiger partial charge is 0.321 e. The molecule has 1 aliphatic rings. The summed E-state index contributed by atoms with van der Waals surface area (Å²) in [4.78, 5) is 25.3. The van der Waals surface area contributed by atoms with Crippen LogP contribution in [-0.2, 0) is 24.3 Å². The molecule has 9 heteroatoms. The Balaban J connectivity index is 1.77. The molecule has 1 amide bonds. The zero-order valence-electron chi connectivity index (χ0n) is 15.5. The van der Waals surface area contributed by atoms with Gasteiger partial charge in [-0.3, -0.25) is 9.59 Å². The van der Waals surface area contributed by atoms with E-state index in [4.69, 9.17) is 4.74 Å². The topological polar surface area (TPSA) is 92.8 Å². The number of ether oxygens (including phenoxy) is 1. The fourth-order valence-electron chi connectivity index (χ4n) is 2.98. The highest BCUT2D eigenvalue weighted by molar-refractivity contribution is 7.89. The number of hydrogen-bond donors (Lipinski definition) is 1. The van der Waals surface area contributed by atoms with Gasteiger partial charge in [-0.2, -0.15) is 4.72 Å². The lowest BCUT2D eigenvalue weighted by Gasteiger charge is -2.33. The fraction of sp³-hybridized carbons (Fsp3) is 0.556. The Hall–Kier alpha value is -2.00. The molecule has 0 bridgehead atoms. The number of rotatable bonds is 7. The molecular formula is C18H25FN2O5S. The molecule has 0 radical (unpaired) electrons. The molecule has 27 heavy (non-hydrogen) atoms. The van der Waals surface area contributed by atoms with Crippen LogP contribution in [0.3, 0.4) is 0 Å². The summed E-state index contributed by atoms with van der Waals surface area (Å²) in [5.74, 6) is -1.08. The summed E-state index contributed by atoms with van der Waals surface area (Å²) in [7, 11) is -2.27. The minimum absolute atomic E-state index is 0.143. The number of benzene rings is 1. The van der Waals surface area contributed by atoms with E-state index in [2.05, 4.69) is 11.6 Å². The summed E-state index contributed by atoms with van der Waals surface area (Å²) in [5, 5.41) is 0. The SMILES string of the molecule is CC1CCC(N(C)C(=O)COC(=O)CNS(=O)(=O)c2ccc(F)cc2)CC1. The van der Waals surface area contributed by atoms with Gasteiger partial charge in [-0.15, -0.1) is 0 Å². The zero-order valence-corrected chi connectivity index (χ0v) is 16.3. The van der Waals surface area contributed by atoms with Crippen LogP contribution in [0.2, 0.25) is 0 Å². The standard InChI is InChI=1S/C18H25FN2O5S/c1-13-3-7-15(8-4-13)21(2)17(22)12-26-18(23)11-20-27(24,25)16-9-5-14(19)6-10-16/h5-6,9-10,13,15,20H,3-4,7-8,11-12H2,1-2H3. The van der Waals surface area contributed by atoms with Crippen LogP contribution < -0.4 is 4.72 Å². The van der Waals surface area contributed by atoms with Crippen LogP contribution in [0, 0.1) is 11.7 Å². The average molecular weight is 400 g/mol. The summed E-state index contributed by atoms with van der Waals surface area (Å²) in [6.07, 6.45) is 3.98. The predicted octanol–water partition coefficient (Wildman–Crippen LogP) is 1.68. The highest BCUT2D eigenvalue weighted by atomic mass is 32.2. The van der Waals surface area contributed by atoms with Crippen LogP contribution in [-0.4, -0.2) is 51.4 Å².